The van der Waals surface area contributed by atoms with Crippen LogP contribution in [-0.2, 0) is 32.1 Å². The number of carbonyl (C=O) groups excluding carboxylic acids is 3. The first kappa shape index (κ1) is 25.7. The number of hydrogen-bond acceptors (Lipinski definition) is 5. The van der Waals surface area contributed by atoms with E-state index in [0.717, 1.165) is 21.9 Å². The summed E-state index contributed by atoms with van der Waals surface area (Å²) in [5, 5.41) is 7.54. The van der Waals surface area contributed by atoms with Crippen LogP contribution in [0.3, 0.4) is 0 Å². The largest absolute Gasteiger partial charge is 0.467 e. The fourth-order valence-electron chi connectivity index (χ4n) is 3.82. The molecule has 0 aliphatic heterocycles. The van der Waals surface area contributed by atoms with Crippen molar-refractivity contribution in [1.29, 1.82) is 0 Å². The van der Waals surface area contributed by atoms with Crippen LogP contribution in [0.4, 0.5) is 4.79 Å². The van der Waals surface area contributed by atoms with Crippen molar-refractivity contribution in [3.05, 3.63) is 83.9 Å². The van der Waals surface area contributed by atoms with Crippen LogP contribution in [0.15, 0.2) is 72.8 Å². The first-order valence-corrected chi connectivity index (χ1v) is 11.7. The van der Waals surface area contributed by atoms with Crippen molar-refractivity contribution in [1.82, 2.24) is 10.6 Å². The van der Waals surface area contributed by atoms with Gasteiger partial charge in [0.05, 0.1) is 7.11 Å². The lowest BCUT2D eigenvalue weighted by atomic mass is 10.00. The minimum Gasteiger partial charge on any atom is -0.467 e. The highest BCUT2D eigenvalue weighted by Crippen LogP contribution is 2.17. The highest BCUT2D eigenvalue weighted by Gasteiger charge is 2.28. The maximum absolute atomic E-state index is 13.1. The molecule has 3 aromatic rings. The molecular formula is C28H32N2O5. The monoisotopic (exact) mass is 476 g/mol. The van der Waals surface area contributed by atoms with Gasteiger partial charge in [0.1, 0.15) is 18.7 Å². The molecule has 0 saturated heterocycles. The van der Waals surface area contributed by atoms with Gasteiger partial charge in [-0.15, -0.1) is 0 Å². The van der Waals surface area contributed by atoms with Gasteiger partial charge in [0.2, 0.25) is 5.91 Å². The fourth-order valence-corrected chi connectivity index (χ4v) is 3.82. The first-order valence-electron chi connectivity index (χ1n) is 11.7. The normalized spacial score (nSPS) is 12.6. The summed E-state index contributed by atoms with van der Waals surface area (Å²) in [6, 6.07) is 21.3. The maximum Gasteiger partial charge on any atom is 0.408 e. The van der Waals surface area contributed by atoms with Gasteiger partial charge in [-0.05, 0) is 34.2 Å². The molecular weight excluding hydrogens is 444 g/mol. The molecule has 3 aromatic carbocycles. The first-order chi connectivity index (χ1) is 16.9. The van der Waals surface area contributed by atoms with E-state index in [-0.39, 0.29) is 18.9 Å². The van der Waals surface area contributed by atoms with Crippen molar-refractivity contribution in [3.63, 3.8) is 0 Å². The van der Waals surface area contributed by atoms with Gasteiger partial charge in [-0.25, -0.2) is 9.59 Å². The summed E-state index contributed by atoms with van der Waals surface area (Å²) in [4.78, 5) is 38.0. The van der Waals surface area contributed by atoms with E-state index in [1.54, 1.807) is 0 Å². The molecule has 0 radical (unpaired) electrons. The Morgan fingerprint density at radius 1 is 0.800 bits per heavy atom. The van der Waals surface area contributed by atoms with E-state index in [2.05, 4.69) is 10.6 Å². The zero-order valence-corrected chi connectivity index (χ0v) is 20.3. The Kier molecular flexibility index (Phi) is 9.23. The SMILES string of the molecule is COC(=O)[C@@H](Cc1ccc2ccccc2c1)NC(=O)[C@H](CC(C)C)NC(=O)OCc1ccccc1. The van der Waals surface area contributed by atoms with Crippen LogP contribution in [0, 0.1) is 5.92 Å². The quantitative estimate of drug-likeness (QED) is 0.424. The van der Waals surface area contributed by atoms with E-state index in [1.165, 1.54) is 7.11 Å². The van der Waals surface area contributed by atoms with E-state index in [0.29, 0.717) is 6.42 Å². The standard InChI is InChI=1S/C28H32N2O5/c1-19(2)15-24(30-28(33)35-18-20-9-5-4-6-10-20)26(31)29-25(27(32)34-3)17-21-13-14-22-11-7-8-12-23(22)16-21/h4-14,16,19,24-25H,15,17-18H2,1-3H3,(H,29,31)(H,30,33)/t24-,25+/m0/s1. The summed E-state index contributed by atoms with van der Waals surface area (Å²) in [5.41, 5.74) is 1.73. The predicted molar refractivity (Wildman–Crippen MR) is 135 cm³/mol. The third kappa shape index (κ3) is 7.84. The molecule has 0 aliphatic rings. The Labute approximate surface area is 205 Å². The summed E-state index contributed by atoms with van der Waals surface area (Å²) in [6.45, 7) is 3.99. The summed E-state index contributed by atoms with van der Waals surface area (Å²) in [5.74, 6) is -0.898. The molecule has 0 fully saturated rings. The molecule has 2 N–H and O–H groups in total. The van der Waals surface area contributed by atoms with Crippen molar-refractivity contribution in [3.8, 4) is 0 Å². The number of hydrogen-bond donors (Lipinski definition) is 2. The Hall–Kier alpha value is -3.87. The van der Waals surface area contributed by atoms with Crippen molar-refractivity contribution < 1.29 is 23.9 Å². The Bertz CT molecular complexity index is 1150. The van der Waals surface area contributed by atoms with Gasteiger partial charge in [-0.3, -0.25) is 4.79 Å². The zero-order valence-electron chi connectivity index (χ0n) is 20.3. The van der Waals surface area contributed by atoms with Crippen molar-refractivity contribution in [2.24, 2.45) is 5.92 Å². The smallest absolute Gasteiger partial charge is 0.408 e. The Balaban J connectivity index is 1.67. The number of esters is 1. The minimum absolute atomic E-state index is 0.0927. The molecule has 0 aliphatic carbocycles. The number of alkyl carbamates (subject to hydrolysis) is 1. The van der Waals surface area contributed by atoms with Crippen molar-refractivity contribution in [2.45, 2.75) is 45.4 Å². The molecule has 0 aromatic heterocycles. The average Bonchev–Trinajstić information content (AvgIpc) is 2.86. The van der Waals surface area contributed by atoms with Gasteiger partial charge in [-0.1, -0.05) is 86.6 Å². The van der Waals surface area contributed by atoms with Gasteiger partial charge in [0.25, 0.3) is 0 Å². The van der Waals surface area contributed by atoms with E-state index in [9.17, 15) is 14.4 Å². The lowest BCUT2D eigenvalue weighted by Crippen LogP contribution is -2.53. The molecule has 7 heteroatoms. The predicted octanol–water partition coefficient (Wildman–Crippen LogP) is 4.38. The molecule has 0 spiro atoms. The summed E-state index contributed by atoms with van der Waals surface area (Å²) in [6.07, 6.45) is -0.0505. The van der Waals surface area contributed by atoms with Crippen LogP contribution in [-0.4, -0.2) is 37.2 Å². The second-order valence-corrected chi connectivity index (χ2v) is 8.86. The van der Waals surface area contributed by atoms with Gasteiger partial charge < -0.3 is 20.1 Å². The molecule has 0 saturated carbocycles. The highest BCUT2D eigenvalue weighted by atomic mass is 16.5. The van der Waals surface area contributed by atoms with Crippen LogP contribution in [0.25, 0.3) is 10.8 Å². The second-order valence-electron chi connectivity index (χ2n) is 8.86. The van der Waals surface area contributed by atoms with E-state index in [1.807, 2.05) is 86.6 Å². The number of ether oxygens (including phenoxy) is 2. The molecule has 0 unspecified atom stereocenters. The highest BCUT2D eigenvalue weighted by molar-refractivity contribution is 5.90. The number of carbonyl (C=O) groups is 3. The van der Waals surface area contributed by atoms with Gasteiger partial charge in [0, 0.05) is 6.42 Å². The van der Waals surface area contributed by atoms with Crippen molar-refractivity contribution >= 4 is 28.7 Å². The molecule has 2 atom stereocenters. The van der Waals surface area contributed by atoms with Crippen molar-refractivity contribution in [2.75, 3.05) is 7.11 Å². The molecule has 7 nitrogen and oxygen atoms in total. The zero-order chi connectivity index (χ0) is 25.2. The second kappa shape index (κ2) is 12.6. The average molecular weight is 477 g/mol. The summed E-state index contributed by atoms with van der Waals surface area (Å²) < 4.78 is 10.2. The maximum atomic E-state index is 13.1. The number of amides is 2. The number of nitrogens with one attached hydrogen (secondary N) is 2. The topological polar surface area (TPSA) is 93.7 Å². The number of rotatable bonds is 10. The molecule has 184 valence electrons. The molecule has 35 heavy (non-hydrogen) atoms. The summed E-state index contributed by atoms with van der Waals surface area (Å²) >= 11 is 0. The van der Waals surface area contributed by atoms with E-state index < -0.39 is 30.1 Å². The lowest BCUT2D eigenvalue weighted by Gasteiger charge is -2.23. The molecule has 0 bridgehead atoms. The molecule has 2 amide bonds. The third-order valence-electron chi connectivity index (χ3n) is 5.58. The van der Waals surface area contributed by atoms with Gasteiger partial charge >= 0.3 is 12.1 Å². The molecule has 0 heterocycles. The summed E-state index contributed by atoms with van der Waals surface area (Å²) in [7, 11) is 1.28. The van der Waals surface area contributed by atoms with Gasteiger partial charge in [0.15, 0.2) is 0 Å². The van der Waals surface area contributed by atoms with Crippen LogP contribution < -0.4 is 10.6 Å². The fraction of sp³-hybridized carbons (Fsp3) is 0.321. The van der Waals surface area contributed by atoms with Gasteiger partial charge in [-0.2, -0.15) is 0 Å². The number of methoxy groups -OCH3 is 1. The Morgan fingerprint density at radius 2 is 1.49 bits per heavy atom. The lowest BCUT2D eigenvalue weighted by molar-refractivity contribution is -0.145. The molecule has 3 rings (SSSR count). The number of fused-ring (bicyclic) bond motifs is 1. The van der Waals surface area contributed by atoms with E-state index >= 15 is 0 Å². The van der Waals surface area contributed by atoms with Crippen LogP contribution in [0.2, 0.25) is 0 Å². The Morgan fingerprint density at radius 3 is 2.17 bits per heavy atom. The number of benzene rings is 3. The van der Waals surface area contributed by atoms with E-state index in [4.69, 9.17) is 9.47 Å². The van der Waals surface area contributed by atoms with Crippen LogP contribution in [0.5, 0.6) is 0 Å². The third-order valence-corrected chi connectivity index (χ3v) is 5.58. The van der Waals surface area contributed by atoms with Crippen LogP contribution in [0.1, 0.15) is 31.4 Å². The minimum atomic E-state index is -0.898. The van der Waals surface area contributed by atoms with Crippen LogP contribution >= 0.6 is 0 Å².